The van der Waals surface area contributed by atoms with Gasteiger partial charge in [-0.3, -0.25) is 18.9 Å². The number of anilines is 1. The molecule has 2 saturated heterocycles. The number of amides is 1. The van der Waals surface area contributed by atoms with Crippen molar-refractivity contribution in [2.45, 2.75) is 19.8 Å². The molecule has 0 atom stereocenters. The zero-order valence-electron chi connectivity index (χ0n) is 16.2. The molecule has 2 aliphatic heterocycles. The zero-order chi connectivity index (χ0) is 20.4. The van der Waals surface area contributed by atoms with Crippen molar-refractivity contribution in [2.75, 3.05) is 37.7 Å². The number of carbonyl (C=O) groups excluding carboxylic acids is 1. The van der Waals surface area contributed by atoms with E-state index in [0.29, 0.717) is 59.1 Å². The molecule has 152 valence electrons. The first kappa shape index (κ1) is 20.1. The molecule has 0 N–H and O–H groups in total. The van der Waals surface area contributed by atoms with Gasteiger partial charge in [0.15, 0.2) is 0 Å². The van der Waals surface area contributed by atoms with Gasteiger partial charge in [0.2, 0.25) is 0 Å². The van der Waals surface area contributed by atoms with Crippen molar-refractivity contribution in [3.63, 3.8) is 0 Å². The summed E-state index contributed by atoms with van der Waals surface area (Å²) >= 11 is 6.64. The predicted molar refractivity (Wildman–Crippen MR) is 119 cm³/mol. The highest BCUT2D eigenvalue weighted by Gasteiger charge is 2.32. The van der Waals surface area contributed by atoms with E-state index in [0.717, 1.165) is 12.8 Å². The third-order valence-corrected chi connectivity index (χ3v) is 6.32. The van der Waals surface area contributed by atoms with Gasteiger partial charge in [-0.1, -0.05) is 43.4 Å². The molecular weight excluding hydrogens is 408 g/mol. The summed E-state index contributed by atoms with van der Waals surface area (Å²) in [6.45, 7) is 5.12. The highest BCUT2D eigenvalue weighted by Crippen LogP contribution is 2.33. The van der Waals surface area contributed by atoms with Gasteiger partial charge < -0.3 is 9.64 Å². The summed E-state index contributed by atoms with van der Waals surface area (Å²) < 4.78 is 7.49. The van der Waals surface area contributed by atoms with Crippen molar-refractivity contribution >= 4 is 51.7 Å². The Morgan fingerprint density at radius 2 is 2.07 bits per heavy atom. The van der Waals surface area contributed by atoms with E-state index in [1.807, 2.05) is 11.0 Å². The lowest BCUT2D eigenvalue weighted by atomic mass is 10.2. The smallest absolute Gasteiger partial charge is 0.267 e. The number of carbonyl (C=O) groups is 1. The fraction of sp³-hybridized carbons (Fsp3) is 0.400. The molecule has 0 spiro atoms. The first-order valence-corrected chi connectivity index (χ1v) is 10.9. The number of thioether (sulfide) groups is 1. The predicted octanol–water partition coefficient (Wildman–Crippen LogP) is 2.53. The first-order valence-electron chi connectivity index (χ1n) is 9.69. The molecule has 4 rings (SSSR count). The number of thiocarbonyl (C=S) groups is 1. The van der Waals surface area contributed by atoms with Crippen LogP contribution in [0.15, 0.2) is 34.1 Å². The molecule has 2 aliphatic rings. The molecule has 2 aromatic rings. The molecule has 0 radical (unpaired) electrons. The van der Waals surface area contributed by atoms with Gasteiger partial charge in [0.25, 0.3) is 11.5 Å². The minimum absolute atomic E-state index is 0.140. The lowest BCUT2D eigenvalue weighted by molar-refractivity contribution is -0.122. The normalized spacial score (nSPS) is 19.0. The van der Waals surface area contributed by atoms with Crippen LogP contribution in [-0.4, -0.2) is 57.4 Å². The van der Waals surface area contributed by atoms with Crippen LogP contribution >= 0.6 is 24.0 Å². The van der Waals surface area contributed by atoms with E-state index in [2.05, 4.69) is 6.92 Å². The summed E-state index contributed by atoms with van der Waals surface area (Å²) in [4.78, 5) is 35.0. The molecule has 9 heteroatoms. The molecule has 0 bridgehead atoms. The molecule has 0 aliphatic carbocycles. The SMILES string of the molecule is CCCCN1C(=O)C(=Cc2c(N3CCOCC3)nc3ccccn3c2=O)SC1=S. The van der Waals surface area contributed by atoms with Crippen molar-refractivity contribution in [3.8, 4) is 0 Å². The summed E-state index contributed by atoms with van der Waals surface area (Å²) in [6, 6.07) is 5.45. The summed E-state index contributed by atoms with van der Waals surface area (Å²) in [5, 5.41) is 0. The minimum atomic E-state index is -0.198. The lowest BCUT2D eigenvalue weighted by Crippen LogP contribution is -2.38. The molecule has 2 fully saturated rings. The number of rotatable bonds is 5. The third kappa shape index (κ3) is 3.94. The van der Waals surface area contributed by atoms with E-state index in [9.17, 15) is 9.59 Å². The number of morpholine rings is 1. The van der Waals surface area contributed by atoms with Gasteiger partial charge in [-0.15, -0.1) is 0 Å². The van der Waals surface area contributed by atoms with E-state index < -0.39 is 0 Å². The third-order valence-electron chi connectivity index (χ3n) is 4.94. The molecule has 29 heavy (non-hydrogen) atoms. The van der Waals surface area contributed by atoms with E-state index in [-0.39, 0.29) is 11.5 Å². The van der Waals surface area contributed by atoms with Crippen LogP contribution in [0.4, 0.5) is 5.82 Å². The summed E-state index contributed by atoms with van der Waals surface area (Å²) in [5.74, 6) is 0.447. The fourth-order valence-corrected chi connectivity index (χ4v) is 4.66. The van der Waals surface area contributed by atoms with E-state index in [1.165, 1.54) is 16.2 Å². The summed E-state index contributed by atoms with van der Waals surface area (Å²) in [6.07, 6.45) is 5.22. The Hall–Kier alpha value is -2.23. The van der Waals surface area contributed by atoms with E-state index in [4.69, 9.17) is 21.9 Å². The van der Waals surface area contributed by atoms with E-state index in [1.54, 1.807) is 29.3 Å². The Morgan fingerprint density at radius 3 is 2.83 bits per heavy atom. The number of nitrogens with zero attached hydrogens (tertiary/aromatic N) is 4. The number of hydrogen-bond acceptors (Lipinski definition) is 7. The van der Waals surface area contributed by atoms with Crippen LogP contribution in [0.5, 0.6) is 0 Å². The Kier molecular flexibility index (Phi) is 5.98. The monoisotopic (exact) mass is 430 g/mol. The standard InChI is InChI=1S/C20H22N4O3S2/c1-2-3-7-24-19(26)15(29-20(24)28)13-14-17(22-9-11-27-12-10-22)21-16-6-4-5-8-23(16)18(14)25/h4-6,8,13H,2-3,7,9-12H2,1H3. The number of ether oxygens (including phenoxy) is 1. The van der Waals surface area contributed by atoms with Crippen LogP contribution in [0.2, 0.25) is 0 Å². The lowest BCUT2D eigenvalue weighted by Gasteiger charge is -2.29. The Balaban J connectivity index is 1.81. The second kappa shape index (κ2) is 8.64. The summed E-state index contributed by atoms with van der Waals surface area (Å²) in [5.41, 5.74) is 0.786. The fourth-order valence-electron chi connectivity index (χ4n) is 3.37. The molecule has 0 aromatic carbocycles. The maximum absolute atomic E-state index is 13.3. The van der Waals surface area contributed by atoms with Crippen LogP contribution in [0.3, 0.4) is 0 Å². The summed E-state index contributed by atoms with van der Waals surface area (Å²) in [7, 11) is 0. The number of hydrogen-bond donors (Lipinski definition) is 0. The number of unbranched alkanes of at least 4 members (excludes halogenated alkanes) is 1. The van der Waals surface area contributed by atoms with Gasteiger partial charge in [-0.2, -0.15) is 0 Å². The topological polar surface area (TPSA) is 67.2 Å². The first-order chi connectivity index (χ1) is 14.1. The van der Waals surface area contributed by atoms with Gasteiger partial charge >= 0.3 is 0 Å². The highest BCUT2D eigenvalue weighted by atomic mass is 32.2. The van der Waals surface area contributed by atoms with Crippen molar-refractivity contribution in [1.29, 1.82) is 0 Å². The number of fused-ring (bicyclic) bond motifs is 1. The molecule has 0 saturated carbocycles. The molecule has 4 heterocycles. The Morgan fingerprint density at radius 1 is 1.28 bits per heavy atom. The maximum Gasteiger partial charge on any atom is 0.267 e. The second-order valence-corrected chi connectivity index (χ2v) is 8.55. The minimum Gasteiger partial charge on any atom is -0.378 e. The molecule has 7 nitrogen and oxygen atoms in total. The quantitative estimate of drug-likeness (QED) is 0.533. The maximum atomic E-state index is 13.3. The Bertz CT molecular complexity index is 1040. The van der Waals surface area contributed by atoms with Gasteiger partial charge in [0, 0.05) is 25.8 Å². The Labute approximate surface area is 178 Å². The van der Waals surface area contributed by atoms with Crippen LogP contribution in [0, 0.1) is 0 Å². The largest absolute Gasteiger partial charge is 0.378 e. The highest BCUT2D eigenvalue weighted by molar-refractivity contribution is 8.26. The number of pyridine rings is 1. The molecular formula is C20H22N4O3S2. The van der Waals surface area contributed by atoms with Gasteiger partial charge in [0.05, 0.1) is 23.7 Å². The van der Waals surface area contributed by atoms with Gasteiger partial charge in [-0.25, -0.2) is 4.98 Å². The van der Waals surface area contributed by atoms with Crippen LogP contribution in [0.25, 0.3) is 11.7 Å². The average molecular weight is 431 g/mol. The zero-order valence-corrected chi connectivity index (χ0v) is 17.8. The van der Waals surface area contributed by atoms with Crippen molar-refractivity contribution in [2.24, 2.45) is 0 Å². The van der Waals surface area contributed by atoms with Crippen molar-refractivity contribution < 1.29 is 9.53 Å². The molecule has 1 amide bonds. The molecule has 0 unspecified atom stereocenters. The van der Waals surface area contributed by atoms with Crippen molar-refractivity contribution in [3.05, 3.63) is 45.2 Å². The van der Waals surface area contributed by atoms with Gasteiger partial charge in [0.1, 0.15) is 15.8 Å². The average Bonchev–Trinajstić information content (AvgIpc) is 3.01. The van der Waals surface area contributed by atoms with Crippen LogP contribution < -0.4 is 10.5 Å². The van der Waals surface area contributed by atoms with Crippen LogP contribution in [0.1, 0.15) is 25.3 Å². The van der Waals surface area contributed by atoms with E-state index >= 15 is 0 Å². The second-order valence-electron chi connectivity index (χ2n) is 6.87. The number of aromatic nitrogens is 2. The van der Waals surface area contributed by atoms with Gasteiger partial charge in [-0.05, 0) is 24.6 Å². The van der Waals surface area contributed by atoms with Crippen LogP contribution in [-0.2, 0) is 9.53 Å². The van der Waals surface area contributed by atoms with Crippen molar-refractivity contribution in [1.82, 2.24) is 14.3 Å². The molecule has 2 aromatic heterocycles.